The second kappa shape index (κ2) is 8.54. The van der Waals surface area contributed by atoms with Crippen LogP contribution in [0.15, 0.2) is 59.6 Å². The van der Waals surface area contributed by atoms with Crippen LogP contribution >= 0.6 is 0 Å². The predicted octanol–water partition coefficient (Wildman–Crippen LogP) is 3.66. The molecule has 0 saturated heterocycles. The monoisotopic (exact) mass is 361 g/mol. The molecule has 2 aromatic carbocycles. The van der Waals surface area contributed by atoms with E-state index in [0.717, 1.165) is 29.6 Å². The smallest absolute Gasteiger partial charge is 0.191 e. The maximum Gasteiger partial charge on any atom is 0.191 e. The van der Waals surface area contributed by atoms with Crippen molar-refractivity contribution in [3.8, 4) is 5.69 Å². The van der Waals surface area contributed by atoms with E-state index in [9.17, 15) is 0 Å². The average molecular weight is 361 g/mol. The molecule has 0 amide bonds. The number of aromatic nitrogens is 2. The van der Waals surface area contributed by atoms with E-state index in [-0.39, 0.29) is 0 Å². The van der Waals surface area contributed by atoms with Crippen LogP contribution in [0.5, 0.6) is 0 Å². The average Bonchev–Trinajstić information content (AvgIpc) is 2.98. The largest absolute Gasteiger partial charge is 0.352 e. The maximum atomic E-state index is 4.71. The lowest BCUT2D eigenvalue weighted by molar-refractivity contribution is 0.798. The van der Waals surface area contributed by atoms with E-state index in [1.54, 1.807) is 7.05 Å². The normalized spacial score (nSPS) is 11.5. The van der Waals surface area contributed by atoms with E-state index in [4.69, 9.17) is 5.10 Å². The minimum absolute atomic E-state index is 0.679. The molecule has 3 aromatic rings. The summed E-state index contributed by atoms with van der Waals surface area (Å²) in [5, 5.41) is 11.5. The number of benzene rings is 2. The highest BCUT2D eigenvalue weighted by Crippen LogP contribution is 2.17. The zero-order valence-electron chi connectivity index (χ0n) is 16.5. The second-order valence-electron chi connectivity index (χ2n) is 6.60. The van der Waals surface area contributed by atoms with Crippen LogP contribution in [0.4, 0.5) is 0 Å². The van der Waals surface area contributed by atoms with Crippen LogP contribution in [-0.4, -0.2) is 22.8 Å². The van der Waals surface area contributed by atoms with Gasteiger partial charge < -0.3 is 10.6 Å². The summed E-state index contributed by atoms with van der Waals surface area (Å²) in [5.74, 6) is 0.782. The first-order valence-corrected chi connectivity index (χ1v) is 9.19. The van der Waals surface area contributed by atoms with Crippen molar-refractivity contribution < 1.29 is 0 Å². The molecular formula is C22H27N5. The Morgan fingerprint density at radius 1 is 0.926 bits per heavy atom. The molecule has 0 saturated carbocycles. The fraction of sp³-hybridized carbons (Fsp3) is 0.273. The Labute approximate surface area is 161 Å². The highest BCUT2D eigenvalue weighted by Gasteiger charge is 2.13. The topological polar surface area (TPSA) is 54.2 Å². The third kappa shape index (κ3) is 4.37. The van der Waals surface area contributed by atoms with E-state index in [1.165, 1.54) is 16.7 Å². The van der Waals surface area contributed by atoms with Crippen LogP contribution in [0.25, 0.3) is 5.69 Å². The number of aryl methyl sites for hydroxylation is 2. The Morgan fingerprint density at radius 2 is 1.59 bits per heavy atom. The highest BCUT2D eigenvalue weighted by atomic mass is 15.3. The van der Waals surface area contributed by atoms with E-state index in [1.807, 2.05) is 29.8 Å². The van der Waals surface area contributed by atoms with Gasteiger partial charge in [0.25, 0.3) is 0 Å². The summed E-state index contributed by atoms with van der Waals surface area (Å²) in [4.78, 5) is 4.34. The van der Waals surface area contributed by atoms with Crippen molar-refractivity contribution in [1.82, 2.24) is 20.4 Å². The van der Waals surface area contributed by atoms with Crippen molar-refractivity contribution in [1.29, 1.82) is 0 Å². The van der Waals surface area contributed by atoms with Crippen molar-refractivity contribution >= 4 is 5.96 Å². The zero-order valence-corrected chi connectivity index (χ0v) is 16.5. The molecule has 0 aliphatic carbocycles. The van der Waals surface area contributed by atoms with Crippen molar-refractivity contribution in [3.05, 3.63) is 82.7 Å². The standard InChI is InChI=1S/C22H27N5/c1-16-10-8-9-11-19(16)14-24-22(23-4)25-15-21-17(2)26-27(18(21)3)20-12-6-5-7-13-20/h5-13H,14-15H2,1-4H3,(H2,23,24,25). The summed E-state index contributed by atoms with van der Waals surface area (Å²) < 4.78 is 2.00. The van der Waals surface area contributed by atoms with E-state index in [2.05, 4.69) is 65.9 Å². The number of nitrogens with zero attached hydrogens (tertiary/aromatic N) is 3. The van der Waals surface area contributed by atoms with Crippen molar-refractivity contribution in [2.75, 3.05) is 7.05 Å². The molecule has 0 aliphatic rings. The molecule has 1 aromatic heterocycles. The summed E-state index contributed by atoms with van der Waals surface area (Å²) >= 11 is 0. The third-order valence-corrected chi connectivity index (χ3v) is 4.81. The van der Waals surface area contributed by atoms with Gasteiger partial charge in [-0.05, 0) is 44.0 Å². The molecule has 0 aliphatic heterocycles. The van der Waals surface area contributed by atoms with Crippen molar-refractivity contribution in [2.45, 2.75) is 33.9 Å². The third-order valence-electron chi connectivity index (χ3n) is 4.81. The van der Waals surface area contributed by atoms with Gasteiger partial charge in [0.05, 0.1) is 11.4 Å². The van der Waals surface area contributed by atoms with Gasteiger partial charge in [0, 0.05) is 31.4 Å². The Hall–Kier alpha value is -3.08. The summed E-state index contributed by atoms with van der Waals surface area (Å²) in [6.07, 6.45) is 0. The SMILES string of the molecule is CN=C(NCc1ccccc1C)NCc1c(C)nn(-c2ccccc2)c1C. The molecule has 3 rings (SSSR count). The number of aliphatic imine (C=N–C) groups is 1. The first-order chi connectivity index (χ1) is 13.1. The number of hydrogen-bond donors (Lipinski definition) is 2. The van der Waals surface area contributed by atoms with Gasteiger partial charge >= 0.3 is 0 Å². The quantitative estimate of drug-likeness (QED) is 0.539. The van der Waals surface area contributed by atoms with Gasteiger partial charge in [-0.25, -0.2) is 4.68 Å². The van der Waals surface area contributed by atoms with Gasteiger partial charge in [0.2, 0.25) is 0 Å². The number of guanidine groups is 1. The molecule has 0 spiro atoms. The molecule has 0 bridgehead atoms. The van der Waals surface area contributed by atoms with Crippen molar-refractivity contribution in [3.63, 3.8) is 0 Å². The molecule has 27 heavy (non-hydrogen) atoms. The molecule has 0 unspecified atom stereocenters. The molecule has 0 radical (unpaired) electrons. The number of hydrogen-bond acceptors (Lipinski definition) is 2. The predicted molar refractivity (Wildman–Crippen MR) is 111 cm³/mol. The van der Waals surface area contributed by atoms with E-state index < -0.39 is 0 Å². The van der Waals surface area contributed by atoms with Gasteiger partial charge in [-0.3, -0.25) is 4.99 Å². The van der Waals surface area contributed by atoms with Gasteiger partial charge in [0.15, 0.2) is 5.96 Å². The van der Waals surface area contributed by atoms with Gasteiger partial charge in [0.1, 0.15) is 0 Å². The summed E-state index contributed by atoms with van der Waals surface area (Å²) in [5.41, 5.74) is 6.98. The molecule has 5 nitrogen and oxygen atoms in total. The van der Waals surface area contributed by atoms with E-state index >= 15 is 0 Å². The lowest BCUT2D eigenvalue weighted by Gasteiger charge is -2.13. The van der Waals surface area contributed by atoms with Crippen LogP contribution in [0.1, 0.15) is 28.1 Å². The first kappa shape index (κ1) is 18.7. The minimum atomic E-state index is 0.679. The maximum absolute atomic E-state index is 4.71. The van der Waals surface area contributed by atoms with Crippen LogP contribution in [0.2, 0.25) is 0 Å². The second-order valence-corrected chi connectivity index (χ2v) is 6.60. The van der Waals surface area contributed by atoms with E-state index in [0.29, 0.717) is 6.54 Å². The van der Waals surface area contributed by atoms with Crippen LogP contribution in [0.3, 0.4) is 0 Å². The first-order valence-electron chi connectivity index (χ1n) is 9.19. The molecule has 0 fully saturated rings. The fourth-order valence-corrected chi connectivity index (χ4v) is 3.13. The molecule has 1 heterocycles. The van der Waals surface area contributed by atoms with Crippen LogP contribution in [0, 0.1) is 20.8 Å². The minimum Gasteiger partial charge on any atom is -0.352 e. The molecule has 2 N–H and O–H groups in total. The summed E-state index contributed by atoms with van der Waals surface area (Å²) in [6.45, 7) is 7.70. The molecule has 140 valence electrons. The lowest BCUT2D eigenvalue weighted by atomic mass is 10.1. The highest BCUT2D eigenvalue weighted by molar-refractivity contribution is 5.79. The van der Waals surface area contributed by atoms with Gasteiger partial charge in [-0.2, -0.15) is 5.10 Å². The fourth-order valence-electron chi connectivity index (χ4n) is 3.13. The Bertz CT molecular complexity index is 925. The summed E-state index contributed by atoms with van der Waals surface area (Å²) in [6, 6.07) is 18.6. The molecular weight excluding hydrogens is 334 g/mol. The molecule has 0 atom stereocenters. The Balaban J connectivity index is 1.67. The lowest BCUT2D eigenvalue weighted by Crippen LogP contribution is -2.36. The number of nitrogens with one attached hydrogen (secondary N) is 2. The van der Waals surface area contributed by atoms with Crippen LogP contribution in [-0.2, 0) is 13.1 Å². The molecule has 5 heteroatoms. The Kier molecular flexibility index (Phi) is 5.91. The Morgan fingerprint density at radius 3 is 2.30 bits per heavy atom. The zero-order chi connectivity index (χ0) is 19.2. The van der Waals surface area contributed by atoms with Crippen LogP contribution < -0.4 is 10.6 Å². The van der Waals surface area contributed by atoms with Gasteiger partial charge in [-0.15, -0.1) is 0 Å². The van der Waals surface area contributed by atoms with Crippen molar-refractivity contribution in [2.24, 2.45) is 4.99 Å². The number of rotatable bonds is 5. The summed E-state index contributed by atoms with van der Waals surface area (Å²) in [7, 11) is 1.79. The number of para-hydroxylation sites is 1. The van der Waals surface area contributed by atoms with Gasteiger partial charge in [-0.1, -0.05) is 42.5 Å².